The molecule has 1 aliphatic heterocycles. The molecule has 1 amide bonds. The molecule has 3 nitrogen and oxygen atoms in total. The molecule has 8 heteroatoms. The summed E-state index contributed by atoms with van der Waals surface area (Å²) in [6, 6.07) is 2.78. The van der Waals surface area contributed by atoms with Crippen molar-refractivity contribution in [1.29, 1.82) is 0 Å². The van der Waals surface area contributed by atoms with Crippen molar-refractivity contribution in [2.24, 2.45) is 11.7 Å². The van der Waals surface area contributed by atoms with Crippen LogP contribution in [0.25, 0.3) is 0 Å². The Hall–Kier alpha value is -0.980. The highest BCUT2D eigenvalue weighted by atomic mass is 35.5. The minimum atomic E-state index is -4.50. The highest BCUT2D eigenvalue weighted by molar-refractivity contribution is 6.33. The van der Waals surface area contributed by atoms with Crippen LogP contribution in [0, 0.1) is 5.92 Å². The van der Waals surface area contributed by atoms with Gasteiger partial charge < -0.3 is 10.6 Å². The summed E-state index contributed by atoms with van der Waals surface area (Å²) in [6.45, 7) is 1.41. The summed E-state index contributed by atoms with van der Waals surface area (Å²) in [7, 11) is 0. The van der Waals surface area contributed by atoms with Crippen LogP contribution in [0.15, 0.2) is 18.2 Å². The van der Waals surface area contributed by atoms with Crippen LogP contribution in [-0.4, -0.2) is 30.4 Å². The Morgan fingerprint density at radius 2 is 2.10 bits per heavy atom. The molecule has 0 radical (unpaired) electrons. The molecule has 118 valence electrons. The van der Waals surface area contributed by atoms with E-state index in [2.05, 4.69) is 0 Å². The van der Waals surface area contributed by atoms with Crippen molar-refractivity contribution in [1.82, 2.24) is 4.90 Å². The van der Waals surface area contributed by atoms with Gasteiger partial charge in [-0.1, -0.05) is 11.6 Å². The van der Waals surface area contributed by atoms with Crippen LogP contribution in [0.5, 0.6) is 0 Å². The SMILES string of the molecule is Cl.NCC1CCN(C(=O)c2cc(C(F)(F)F)ccc2Cl)C1. The Labute approximate surface area is 131 Å². The molecule has 0 aromatic heterocycles. The topological polar surface area (TPSA) is 46.3 Å². The second-order valence-electron chi connectivity index (χ2n) is 4.83. The van der Waals surface area contributed by atoms with Gasteiger partial charge in [-0.15, -0.1) is 12.4 Å². The summed E-state index contributed by atoms with van der Waals surface area (Å²) >= 11 is 5.85. The third-order valence-corrected chi connectivity index (χ3v) is 3.76. The summed E-state index contributed by atoms with van der Waals surface area (Å²) in [5, 5.41) is 0.0270. The van der Waals surface area contributed by atoms with Crippen LogP contribution in [0.2, 0.25) is 5.02 Å². The van der Waals surface area contributed by atoms with Crippen LogP contribution in [0.1, 0.15) is 22.3 Å². The summed E-state index contributed by atoms with van der Waals surface area (Å²) in [4.78, 5) is 13.7. The molecule has 1 aliphatic rings. The van der Waals surface area contributed by atoms with E-state index in [0.717, 1.165) is 24.6 Å². The highest BCUT2D eigenvalue weighted by Gasteiger charge is 2.33. The maximum Gasteiger partial charge on any atom is 0.416 e. The molecule has 1 unspecified atom stereocenters. The number of hydrogen-bond acceptors (Lipinski definition) is 2. The van der Waals surface area contributed by atoms with Crippen molar-refractivity contribution in [2.45, 2.75) is 12.6 Å². The van der Waals surface area contributed by atoms with Gasteiger partial charge in [-0.25, -0.2) is 0 Å². The zero-order chi connectivity index (χ0) is 14.9. The lowest BCUT2D eigenvalue weighted by molar-refractivity contribution is -0.137. The van der Waals surface area contributed by atoms with E-state index in [1.807, 2.05) is 0 Å². The Kier molecular flexibility index (Phi) is 5.90. The summed E-state index contributed by atoms with van der Waals surface area (Å²) < 4.78 is 38.0. The van der Waals surface area contributed by atoms with Gasteiger partial charge in [-0.2, -0.15) is 13.2 Å². The molecule has 0 spiro atoms. The lowest BCUT2D eigenvalue weighted by Gasteiger charge is -2.18. The maximum absolute atomic E-state index is 12.7. The molecule has 1 aromatic carbocycles. The van der Waals surface area contributed by atoms with E-state index in [0.29, 0.717) is 19.6 Å². The second kappa shape index (κ2) is 6.85. The molecule has 1 heterocycles. The second-order valence-corrected chi connectivity index (χ2v) is 5.24. The van der Waals surface area contributed by atoms with Crippen molar-refractivity contribution in [3.8, 4) is 0 Å². The minimum Gasteiger partial charge on any atom is -0.338 e. The zero-order valence-electron chi connectivity index (χ0n) is 11.0. The first kappa shape index (κ1) is 18.1. The van der Waals surface area contributed by atoms with Crippen LogP contribution in [-0.2, 0) is 6.18 Å². The number of carbonyl (C=O) groups is 1. The smallest absolute Gasteiger partial charge is 0.338 e. The van der Waals surface area contributed by atoms with Crippen LogP contribution >= 0.6 is 24.0 Å². The number of hydrogen-bond donors (Lipinski definition) is 1. The Morgan fingerprint density at radius 1 is 1.43 bits per heavy atom. The molecule has 2 N–H and O–H groups in total. The van der Waals surface area contributed by atoms with E-state index in [-0.39, 0.29) is 28.9 Å². The monoisotopic (exact) mass is 342 g/mol. The Balaban J connectivity index is 0.00000220. The van der Waals surface area contributed by atoms with Crippen molar-refractivity contribution in [2.75, 3.05) is 19.6 Å². The van der Waals surface area contributed by atoms with Gasteiger partial charge in [-0.3, -0.25) is 4.79 Å². The standard InChI is InChI=1S/C13H14ClF3N2O.ClH/c14-11-2-1-9(13(15,16)17)5-10(11)12(20)19-4-3-8(6-18)7-19;/h1-2,5,8H,3-4,6-7,18H2;1H. The van der Waals surface area contributed by atoms with Crippen LogP contribution < -0.4 is 5.73 Å². The molecule has 0 saturated carbocycles. The molecule has 2 rings (SSSR count). The van der Waals surface area contributed by atoms with Crippen molar-refractivity contribution >= 4 is 29.9 Å². The fourth-order valence-electron chi connectivity index (χ4n) is 2.25. The number of alkyl halides is 3. The van der Waals surface area contributed by atoms with E-state index < -0.39 is 17.6 Å². The van der Waals surface area contributed by atoms with Gasteiger partial charge in [0.05, 0.1) is 16.1 Å². The lowest BCUT2D eigenvalue weighted by atomic mass is 10.1. The number of nitrogens with two attached hydrogens (primary N) is 1. The number of carbonyl (C=O) groups excluding carboxylic acids is 1. The van der Waals surface area contributed by atoms with E-state index in [1.165, 1.54) is 4.90 Å². The van der Waals surface area contributed by atoms with Gasteiger partial charge in [0.1, 0.15) is 0 Å². The van der Waals surface area contributed by atoms with Gasteiger partial charge in [-0.05, 0) is 37.1 Å². The van der Waals surface area contributed by atoms with Crippen LogP contribution in [0.3, 0.4) is 0 Å². The van der Waals surface area contributed by atoms with Crippen molar-refractivity contribution in [3.05, 3.63) is 34.3 Å². The number of benzene rings is 1. The quantitative estimate of drug-likeness (QED) is 0.896. The largest absolute Gasteiger partial charge is 0.416 e. The summed E-state index contributed by atoms with van der Waals surface area (Å²) in [5.74, 6) is -0.277. The summed E-state index contributed by atoms with van der Waals surface area (Å²) in [6.07, 6.45) is -3.73. The molecule has 1 saturated heterocycles. The van der Waals surface area contributed by atoms with E-state index in [4.69, 9.17) is 17.3 Å². The highest BCUT2D eigenvalue weighted by Crippen LogP contribution is 2.32. The van der Waals surface area contributed by atoms with Crippen molar-refractivity contribution in [3.63, 3.8) is 0 Å². The maximum atomic E-state index is 12.7. The number of amides is 1. The summed E-state index contributed by atoms with van der Waals surface area (Å²) in [5.41, 5.74) is 4.55. The third kappa shape index (κ3) is 4.02. The fourth-order valence-corrected chi connectivity index (χ4v) is 2.44. The molecular formula is C13H15Cl2F3N2O. The van der Waals surface area contributed by atoms with E-state index >= 15 is 0 Å². The van der Waals surface area contributed by atoms with Gasteiger partial charge in [0.2, 0.25) is 0 Å². The minimum absolute atomic E-state index is 0. The van der Waals surface area contributed by atoms with E-state index in [1.54, 1.807) is 0 Å². The van der Waals surface area contributed by atoms with Gasteiger partial charge in [0.25, 0.3) is 5.91 Å². The van der Waals surface area contributed by atoms with Gasteiger partial charge >= 0.3 is 6.18 Å². The first-order valence-electron chi connectivity index (χ1n) is 6.19. The van der Waals surface area contributed by atoms with Gasteiger partial charge in [0, 0.05) is 13.1 Å². The molecule has 21 heavy (non-hydrogen) atoms. The predicted molar refractivity (Wildman–Crippen MR) is 76.8 cm³/mol. The predicted octanol–water partition coefficient (Wildman–Crippen LogP) is 3.20. The Morgan fingerprint density at radius 3 is 2.62 bits per heavy atom. The van der Waals surface area contributed by atoms with E-state index in [9.17, 15) is 18.0 Å². The first-order valence-corrected chi connectivity index (χ1v) is 6.57. The fraction of sp³-hybridized carbons (Fsp3) is 0.462. The molecule has 1 atom stereocenters. The van der Waals surface area contributed by atoms with Gasteiger partial charge in [0.15, 0.2) is 0 Å². The zero-order valence-corrected chi connectivity index (χ0v) is 12.6. The number of likely N-dealkylation sites (tertiary alicyclic amines) is 1. The Bertz CT molecular complexity index is 523. The average Bonchev–Trinajstić information content (AvgIpc) is 2.86. The first-order chi connectivity index (χ1) is 9.32. The molecule has 0 aliphatic carbocycles. The van der Waals surface area contributed by atoms with Crippen LogP contribution in [0.4, 0.5) is 13.2 Å². The molecule has 0 bridgehead atoms. The lowest BCUT2D eigenvalue weighted by Crippen LogP contribution is -2.30. The molecule has 1 fully saturated rings. The molecule has 1 aromatic rings. The van der Waals surface area contributed by atoms with Crippen molar-refractivity contribution < 1.29 is 18.0 Å². The third-order valence-electron chi connectivity index (χ3n) is 3.43. The molecular weight excluding hydrogens is 328 g/mol. The average molecular weight is 343 g/mol. The normalized spacial score (nSPS) is 18.5. The number of rotatable bonds is 2. The number of nitrogens with zero attached hydrogens (tertiary/aromatic N) is 1. The number of halogens is 5.